The number of carbonyl (C=O) groups is 1. The highest BCUT2D eigenvalue weighted by Crippen LogP contribution is 2.22. The van der Waals surface area contributed by atoms with E-state index in [1.165, 1.54) is 12.1 Å². The predicted octanol–water partition coefficient (Wildman–Crippen LogP) is 1.64. The summed E-state index contributed by atoms with van der Waals surface area (Å²) in [6.45, 7) is 0.285. The summed E-state index contributed by atoms with van der Waals surface area (Å²) in [5, 5.41) is 2.79. The molecule has 144 valence electrons. The van der Waals surface area contributed by atoms with Gasteiger partial charge in [0.15, 0.2) is 0 Å². The van der Waals surface area contributed by atoms with E-state index in [0.29, 0.717) is 5.56 Å². The quantitative estimate of drug-likeness (QED) is 0.630. The second kappa shape index (κ2) is 7.53. The predicted molar refractivity (Wildman–Crippen MR) is 102 cm³/mol. The molecule has 28 heavy (non-hydrogen) atoms. The number of nitrogens with zero attached hydrogens (tertiary/aromatic N) is 3. The van der Waals surface area contributed by atoms with Gasteiger partial charge in [-0.15, -0.1) is 0 Å². The monoisotopic (exact) mass is 397 g/mol. The Morgan fingerprint density at radius 3 is 2.75 bits per heavy atom. The number of carbonyl (C=O) groups excluding carboxylic acids is 1. The van der Waals surface area contributed by atoms with Crippen molar-refractivity contribution < 1.29 is 13.2 Å². The minimum absolute atomic E-state index is 0.0141. The van der Waals surface area contributed by atoms with Crippen LogP contribution in [0.4, 0.5) is 0 Å². The number of nitrogens with one attached hydrogen (secondary N) is 2. The molecule has 1 aliphatic carbocycles. The molecule has 0 bridgehead atoms. The number of pyridine rings is 1. The molecule has 0 atom stereocenters. The van der Waals surface area contributed by atoms with Gasteiger partial charge in [-0.25, -0.2) is 23.1 Å². The van der Waals surface area contributed by atoms with E-state index < -0.39 is 10.0 Å². The van der Waals surface area contributed by atoms with E-state index in [1.807, 2.05) is 12.1 Å². The van der Waals surface area contributed by atoms with Crippen molar-refractivity contribution in [1.29, 1.82) is 0 Å². The Balaban J connectivity index is 1.40. The molecule has 2 N–H and O–H groups in total. The number of amides is 1. The molecule has 2 aromatic heterocycles. The Morgan fingerprint density at radius 1 is 1.21 bits per heavy atom. The molecule has 0 unspecified atom stereocenters. The van der Waals surface area contributed by atoms with Crippen molar-refractivity contribution in [2.75, 3.05) is 0 Å². The third-order valence-electron chi connectivity index (χ3n) is 4.34. The van der Waals surface area contributed by atoms with E-state index in [-0.39, 0.29) is 23.4 Å². The molecule has 2 heterocycles. The largest absolute Gasteiger partial charge is 0.348 e. The summed E-state index contributed by atoms with van der Waals surface area (Å²) in [7, 11) is -3.59. The zero-order valence-electron chi connectivity index (χ0n) is 14.9. The third-order valence-corrected chi connectivity index (χ3v) is 5.86. The van der Waals surface area contributed by atoms with Gasteiger partial charge in [0.05, 0.1) is 4.90 Å². The van der Waals surface area contributed by atoms with Gasteiger partial charge in [0.25, 0.3) is 5.91 Å². The van der Waals surface area contributed by atoms with Gasteiger partial charge in [-0.1, -0.05) is 12.1 Å². The molecular weight excluding hydrogens is 378 g/mol. The maximum absolute atomic E-state index is 12.4. The van der Waals surface area contributed by atoms with Crippen LogP contribution in [0.15, 0.2) is 66.2 Å². The van der Waals surface area contributed by atoms with Gasteiger partial charge >= 0.3 is 0 Å². The Bertz CT molecular complexity index is 1080. The van der Waals surface area contributed by atoms with E-state index >= 15 is 0 Å². The van der Waals surface area contributed by atoms with Gasteiger partial charge in [-0.3, -0.25) is 9.36 Å². The number of hydrogen-bond donors (Lipinski definition) is 2. The van der Waals surface area contributed by atoms with Gasteiger partial charge in [0.1, 0.15) is 12.1 Å². The summed E-state index contributed by atoms with van der Waals surface area (Å²) >= 11 is 0. The molecule has 8 nitrogen and oxygen atoms in total. The number of aromatic nitrogens is 3. The van der Waals surface area contributed by atoms with Crippen molar-refractivity contribution in [2.45, 2.75) is 30.3 Å². The van der Waals surface area contributed by atoms with Crippen LogP contribution in [0.25, 0.3) is 5.82 Å². The van der Waals surface area contributed by atoms with Crippen molar-refractivity contribution in [3.05, 3.63) is 72.4 Å². The molecular formula is C19H19N5O3S. The Labute approximate surface area is 162 Å². The normalized spacial score (nSPS) is 14.0. The van der Waals surface area contributed by atoms with Crippen LogP contribution >= 0.6 is 0 Å². The molecule has 0 spiro atoms. The lowest BCUT2D eigenvalue weighted by Crippen LogP contribution is -2.27. The van der Waals surface area contributed by atoms with Gasteiger partial charge < -0.3 is 5.32 Å². The fourth-order valence-corrected chi connectivity index (χ4v) is 4.00. The lowest BCUT2D eigenvalue weighted by atomic mass is 10.2. The number of hydrogen-bond acceptors (Lipinski definition) is 5. The summed E-state index contributed by atoms with van der Waals surface area (Å²) < 4.78 is 29.0. The van der Waals surface area contributed by atoms with Gasteiger partial charge in [-0.05, 0) is 42.7 Å². The first-order valence-electron chi connectivity index (χ1n) is 8.85. The third kappa shape index (κ3) is 4.26. The first-order valence-corrected chi connectivity index (χ1v) is 10.3. The highest BCUT2D eigenvalue weighted by Gasteiger charge is 2.28. The molecule has 0 radical (unpaired) electrons. The van der Waals surface area contributed by atoms with Crippen LogP contribution < -0.4 is 10.0 Å². The molecule has 9 heteroatoms. The lowest BCUT2D eigenvalue weighted by Gasteiger charge is -2.09. The van der Waals surface area contributed by atoms with Crippen molar-refractivity contribution in [1.82, 2.24) is 24.6 Å². The minimum atomic E-state index is -3.59. The van der Waals surface area contributed by atoms with E-state index in [2.05, 4.69) is 20.0 Å². The minimum Gasteiger partial charge on any atom is -0.348 e. The number of benzene rings is 1. The van der Waals surface area contributed by atoms with Crippen molar-refractivity contribution >= 4 is 15.9 Å². The number of sulfonamides is 1. The van der Waals surface area contributed by atoms with Crippen molar-refractivity contribution in [3.63, 3.8) is 0 Å². The molecule has 4 rings (SSSR count). The summed E-state index contributed by atoms with van der Waals surface area (Å²) in [4.78, 5) is 20.8. The number of rotatable bonds is 7. The molecule has 1 amide bonds. The van der Waals surface area contributed by atoms with Crippen molar-refractivity contribution in [3.8, 4) is 5.82 Å². The summed E-state index contributed by atoms with van der Waals surface area (Å²) in [5.41, 5.74) is 1.12. The van der Waals surface area contributed by atoms with Gasteiger partial charge in [0.2, 0.25) is 10.0 Å². The Kier molecular flexibility index (Phi) is 4.93. The van der Waals surface area contributed by atoms with E-state index in [4.69, 9.17) is 0 Å². The first-order chi connectivity index (χ1) is 13.5. The van der Waals surface area contributed by atoms with Crippen molar-refractivity contribution in [2.24, 2.45) is 0 Å². The molecule has 0 saturated heterocycles. The van der Waals surface area contributed by atoms with E-state index in [0.717, 1.165) is 24.2 Å². The molecule has 0 aliphatic heterocycles. The zero-order chi connectivity index (χ0) is 19.6. The van der Waals surface area contributed by atoms with E-state index in [9.17, 15) is 13.2 Å². The maximum atomic E-state index is 12.4. The average molecular weight is 397 g/mol. The molecule has 1 aromatic carbocycles. The van der Waals surface area contributed by atoms with Gasteiger partial charge in [-0.2, -0.15) is 0 Å². The molecule has 1 saturated carbocycles. The topological polar surface area (TPSA) is 106 Å². The standard InChI is InChI=1S/C19H19N5O3S/c25-19(15-2-1-3-17(10-15)28(26,27)23-16-5-6-16)22-12-14-4-7-18(21-11-14)24-9-8-20-13-24/h1-4,7-11,13,16,23H,5-6,12H2,(H,22,25). The second-order valence-corrected chi connectivity index (χ2v) is 8.31. The summed E-state index contributed by atoms with van der Waals surface area (Å²) in [6.07, 6.45) is 8.51. The van der Waals surface area contributed by atoms with Crippen LogP contribution in [0.3, 0.4) is 0 Å². The SMILES string of the molecule is O=C(NCc1ccc(-n2ccnc2)nc1)c1cccc(S(=O)(=O)NC2CC2)c1. The zero-order valence-corrected chi connectivity index (χ0v) is 15.8. The van der Waals surface area contributed by atoms with Crippen LogP contribution in [0.5, 0.6) is 0 Å². The first kappa shape index (κ1) is 18.3. The van der Waals surface area contributed by atoms with Crippen LogP contribution in [0.1, 0.15) is 28.8 Å². The van der Waals surface area contributed by atoms with E-state index in [1.54, 1.807) is 41.6 Å². The maximum Gasteiger partial charge on any atom is 0.251 e. The highest BCUT2D eigenvalue weighted by atomic mass is 32.2. The summed E-state index contributed by atoms with van der Waals surface area (Å²) in [5.74, 6) is 0.385. The van der Waals surface area contributed by atoms with Gasteiger partial charge in [0, 0.05) is 36.7 Å². The smallest absolute Gasteiger partial charge is 0.251 e. The van der Waals surface area contributed by atoms with Crippen LogP contribution in [-0.2, 0) is 16.6 Å². The van der Waals surface area contributed by atoms with Crippen LogP contribution in [0, 0.1) is 0 Å². The Morgan fingerprint density at radius 2 is 2.07 bits per heavy atom. The lowest BCUT2D eigenvalue weighted by molar-refractivity contribution is 0.0950. The van der Waals surface area contributed by atoms with Crippen LogP contribution in [0.2, 0.25) is 0 Å². The van der Waals surface area contributed by atoms with Crippen LogP contribution in [-0.4, -0.2) is 34.9 Å². The number of imidazole rings is 1. The Hall–Kier alpha value is -3.04. The highest BCUT2D eigenvalue weighted by molar-refractivity contribution is 7.89. The molecule has 1 aliphatic rings. The summed E-state index contributed by atoms with van der Waals surface area (Å²) in [6, 6.07) is 9.74. The molecule has 1 fully saturated rings. The fraction of sp³-hybridized carbons (Fsp3) is 0.211. The molecule has 3 aromatic rings. The second-order valence-electron chi connectivity index (χ2n) is 6.60. The average Bonchev–Trinajstić information content (AvgIpc) is 3.33. The fourth-order valence-electron chi connectivity index (χ4n) is 2.65.